The van der Waals surface area contributed by atoms with Gasteiger partial charge in [0.25, 0.3) is 0 Å². The van der Waals surface area contributed by atoms with Gasteiger partial charge in [0.05, 0.1) is 17.9 Å². The minimum absolute atomic E-state index is 0.000897. The highest BCUT2D eigenvalue weighted by molar-refractivity contribution is 5.93. The van der Waals surface area contributed by atoms with Crippen molar-refractivity contribution in [3.05, 3.63) is 23.8 Å². The topological polar surface area (TPSA) is 70.2 Å². The predicted octanol–water partition coefficient (Wildman–Crippen LogP) is 3.06. The van der Waals surface area contributed by atoms with Crippen molar-refractivity contribution in [2.75, 3.05) is 17.2 Å². The van der Waals surface area contributed by atoms with E-state index in [1.807, 2.05) is 25.1 Å². The summed E-state index contributed by atoms with van der Waals surface area (Å²) in [6.07, 6.45) is 4.69. The monoisotopic (exact) mass is 317 g/mol. The van der Waals surface area contributed by atoms with Gasteiger partial charge in [-0.1, -0.05) is 25.8 Å². The highest BCUT2D eigenvalue weighted by Crippen LogP contribution is 2.24. The maximum atomic E-state index is 12.2. The quantitative estimate of drug-likeness (QED) is 0.781. The van der Waals surface area contributed by atoms with Gasteiger partial charge in [0.2, 0.25) is 11.8 Å². The third kappa shape index (κ3) is 5.27. The molecule has 5 heteroatoms. The average molecular weight is 317 g/mol. The van der Waals surface area contributed by atoms with Crippen LogP contribution in [-0.2, 0) is 9.59 Å². The first-order valence-electron chi connectivity index (χ1n) is 8.37. The molecule has 0 heterocycles. The number of benzene rings is 1. The third-order valence-electron chi connectivity index (χ3n) is 4.38. The van der Waals surface area contributed by atoms with E-state index in [1.165, 1.54) is 26.2 Å². The molecule has 1 aliphatic rings. The third-order valence-corrected chi connectivity index (χ3v) is 4.38. The fourth-order valence-electron chi connectivity index (χ4n) is 3.07. The van der Waals surface area contributed by atoms with E-state index in [9.17, 15) is 9.59 Å². The normalized spacial score (nSPS) is 20.7. The van der Waals surface area contributed by atoms with Crippen LogP contribution in [0.4, 0.5) is 11.4 Å². The molecule has 0 saturated heterocycles. The van der Waals surface area contributed by atoms with Crippen molar-refractivity contribution >= 4 is 23.2 Å². The molecule has 2 atom stereocenters. The van der Waals surface area contributed by atoms with Gasteiger partial charge in [0, 0.05) is 13.0 Å². The predicted molar refractivity (Wildman–Crippen MR) is 93.5 cm³/mol. The van der Waals surface area contributed by atoms with Crippen LogP contribution in [0.5, 0.6) is 0 Å². The lowest BCUT2D eigenvalue weighted by Crippen LogP contribution is -2.43. The van der Waals surface area contributed by atoms with Crippen LogP contribution in [-0.4, -0.2) is 24.4 Å². The van der Waals surface area contributed by atoms with Gasteiger partial charge in [-0.25, -0.2) is 0 Å². The molecule has 0 aromatic heterocycles. The van der Waals surface area contributed by atoms with Gasteiger partial charge >= 0.3 is 0 Å². The molecular formula is C18H27N3O2. The van der Waals surface area contributed by atoms with Gasteiger partial charge < -0.3 is 16.0 Å². The van der Waals surface area contributed by atoms with E-state index in [2.05, 4.69) is 22.9 Å². The lowest BCUT2D eigenvalue weighted by Gasteiger charge is -2.29. The molecule has 1 fully saturated rings. The van der Waals surface area contributed by atoms with E-state index in [0.717, 1.165) is 17.7 Å². The van der Waals surface area contributed by atoms with Crippen molar-refractivity contribution in [2.24, 2.45) is 5.92 Å². The van der Waals surface area contributed by atoms with Crippen molar-refractivity contribution in [1.29, 1.82) is 0 Å². The summed E-state index contributed by atoms with van der Waals surface area (Å²) in [7, 11) is 0. The van der Waals surface area contributed by atoms with Gasteiger partial charge in [-0.15, -0.1) is 0 Å². The Labute approximate surface area is 138 Å². The second-order valence-electron chi connectivity index (χ2n) is 6.52. The minimum Gasteiger partial charge on any atom is -0.374 e. The summed E-state index contributed by atoms with van der Waals surface area (Å²) < 4.78 is 0. The number of hydrogen-bond donors (Lipinski definition) is 3. The molecule has 126 valence electrons. The Bertz CT molecular complexity index is 571. The van der Waals surface area contributed by atoms with Crippen LogP contribution >= 0.6 is 0 Å². The lowest BCUT2D eigenvalue weighted by molar-refractivity contribution is -0.120. The van der Waals surface area contributed by atoms with Crippen LogP contribution < -0.4 is 16.0 Å². The Kier molecular flexibility index (Phi) is 6.02. The van der Waals surface area contributed by atoms with Crippen LogP contribution in [0, 0.1) is 12.8 Å². The van der Waals surface area contributed by atoms with E-state index in [0.29, 0.717) is 11.6 Å². The molecule has 0 aliphatic heterocycles. The second kappa shape index (κ2) is 7.99. The largest absolute Gasteiger partial charge is 0.374 e. The molecule has 1 aromatic carbocycles. The smallest absolute Gasteiger partial charge is 0.239 e. The van der Waals surface area contributed by atoms with Crippen molar-refractivity contribution in [3.63, 3.8) is 0 Å². The Hall–Kier alpha value is -2.04. The summed E-state index contributed by atoms with van der Waals surface area (Å²) >= 11 is 0. The molecule has 0 bridgehead atoms. The van der Waals surface area contributed by atoms with E-state index >= 15 is 0 Å². The van der Waals surface area contributed by atoms with Gasteiger partial charge in [0.1, 0.15) is 0 Å². The summed E-state index contributed by atoms with van der Waals surface area (Å²) in [5.74, 6) is 0.415. The number of rotatable bonds is 5. The van der Waals surface area contributed by atoms with Crippen molar-refractivity contribution < 1.29 is 9.59 Å². The summed E-state index contributed by atoms with van der Waals surface area (Å²) in [5.41, 5.74) is 2.54. The van der Waals surface area contributed by atoms with Gasteiger partial charge in [-0.05, 0) is 43.4 Å². The summed E-state index contributed by atoms with van der Waals surface area (Å²) in [5, 5.41) is 9.04. The number of carbonyl (C=O) groups is 2. The summed E-state index contributed by atoms with van der Waals surface area (Å²) in [6.45, 7) is 5.86. The van der Waals surface area contributed by atoms with E-state index in [4.69, 9.17) is 0 Å². The van der Waals surface area contributed by atoms with E-state index in [1.54, 1.807) is 0 Å². The van der Waals surface area contributed by atoms with Crippen molar-refractivity contribution in [1.82, 2.24) is 5.32 Å². The number of carbonyl (C=O) groups excluding carboxylic acids is 2. The van der Waals surface area contributed by atoms with Crippen LogP contribution in [0.2, 0.25) is 0 Å². The zero-order valence-corrected chi connectivity index (χ0v) is 14.2. The van der Waals surface area contributed by atoms with E-state index in [-0.39, 0.29) is 24.4 Å². The molecule has 3 N–H and O–H groups in total. The average Bonchev–Trinajstić information content (AvgIpc) is 2.49. The minimum atomic E-state index is -0.127. The summed E-state index contributed by atoms with van der Waals surface area (Å²) in [4.78, 5) is 23.5. The Morgan fingerprint density at radius 2 is 1.91 bits per heavy atom. The number of anilines is 2. The fourth-order valence-corrected chi connectivity index (χ4v) is 3.07. The van der Waals surface area contributed by atoms with Gasteiger partial charge in [-0.2, -0.15) is 0 Å². The van der Waals surface area contributed by atoms with Crippen LogP contribution in [0.15, 0.2) is 18.2 Å². The Morgan fingerprint density at radius 3 is 2.61 bits per heavy atom. The molecule has 0 radical (unpaired) electrons. The van der Waals surface area contributed by atoms with Crippen LogP contribution in [0.25, 0.3) is 0 Å². The number of amides is 2. The number of hydrogen-bond acceptors (Lipinski definition) is 3. The molecule has 1 saturated carbocycles. The molecule has 5 nitrogen and oxygen atoms in total. The maximum Gasteiger partial charge on any atom is 0.239 e. The van der Waals surface area contributed by atoms with Crippen molar-refractivity contribution in [3.8, 4) is 0 Å². The first kappa shape index (κ1) is 17.3. The molecule has 1 aromatic rings. The van der Waals surface area contributed by atoms with Gasteiger partial charge in [0.15, 0.2) is 0 Å². The Balaban J connectivity index is 1.93. The number of nitrogens with one attached hydrogen (secondary N) is 3. The van der Waals surface area contributed by atoms with E-state index < -0.39 is 0 Å². The zero-order valence-electron chi connectivity index (χ0n) is 14.2. The fraction of sp³-hybridized carbons (Fsp3) is 0.556. The zero-order chi connectivity index (χ0) is 16.8. The first-order chi connectivity index (χ1) is 11.0. The molecule has 2 rings (SSSR count). The van der Waals surface area contributed by atoms with Crippen molar-refractivity contribution in [2.45, 2.75) is 52.5 Å². The Morgan fingerprint density at radius 1 is 1.17 bits per heavy atom. The van der Waals surface area contributed by atoms with Crippen LogP contribution in [0.3, 0.4) is 0 Å². The molecule has 1 aliphatic carbocycles. The molecule has 23 heavy (non-hydrogen) atoms. The molecule has 0 spiro atoms. The standard InChI is InChI=1S/C18H27N3O2/c1-12-8-9-16(20-14(3)22)17(10-12)19-11-18(23)21-15-7-5-4-6-13(15)2/h8-10,13,15,19H,4-7,11H2,1-3H3,(H,20,22)(H,21,23). The lowest BCUT2D eigenvalue weighted by atomic mass is 9.86. The molecule has 2 unspecified atom stereocenters. The highest BCUT2D eigenvalue weighted by atomic mass is 16.2. The molecular weight excluding hydrogens is 290 g/mol. The number of aryl methyl sites for hydroxylation is 1. The molecule has 2 amide bonds. The summed E-state index contributed by atoms with van der Waals surface area (Å²) in [6, 6.07) is 5.99. The maximum absolute atomic E-state index is 12.2. The highest BCUT2D eigenvalue weighted by Gasteiger charge is 2.22. The van der Waals surface area contributed by atoms with Crippen LogP contribution in [0.1, 0.15) is 45.1 Å². The van der Waals surface area contributed by atoms with Gasteiger partial charge in [-0.3, -0.25) is 9.59 Å². The second-order valence-corrected chi connectivity index (χ2v) is 6.52. The first-order valence-corrected chi connectivity index (χ1v) is 8.37. The SMILES string of the molecule is CC(=O)Nc1ccc(C)cc1NCC(=O)NC1CCCCC1C.